The van der Waals surface area contributed by atoms with Gasteiger partial charge in [0.1, 0.15) is 0 Å². The maximum atomic E-state index is 5.56. The highest BCUT2D eigenvalue weighted by molar-refractivity contribution is 7.80. The summed E-state index contributed by atoms with van der Waals surface area (Å²) >= 11 is 5.56. The normalized spacial score (nSPS) is 16.2. The molecule has 1 aliphatic rings. The van der Waals surface area contributed by atoms with Gasteiger partial charge in [-0.15, -0.1) is 0 Å². The van der Waals surface area contributed by atoms with Gasteiger partial charge < -0.3 is 10.2 Å². The largest absolute Gasteiger partial charge is 0.346 e. The zero-order valence-electron chi connectivity index (χ0n) is 12.8. The summed E-state index contributed by atoms with van der Waals surface area (Å²) in [4.78, 5) is 4.79. The molecular weight excluding hydrogens is 266 g/mol. The molecule has 20 heavy (non-hydrogen) atoms. The molecule has 1 N–H and O–H groups in total. The quantitative estimate of drug-likeness (QED) is 0.863. The zero-order chi connectivity index (χ0) is 14.5. The first-order chi connectivity index (χ1) is 9.60. The maximum Gasteiger partial charge on any atom is 0.173 e. The van der Waals surface area contributed by atoms with Gasteiger partial charge in [0, 0.05) is 31.9 Å². The van der Waals surface area contributed by atoms with Crippen LogP contribution in [0.1, 0.15) is 24.5 Å². The Hall–Kier alpha value is -1.13. The third-order valence-electron chi connectivity index (χ3n) is 3.83. The van der Waals surface area contributed by atoms with Crippen LogP contribution < -0.4 is 5.32 Å². The molecule has 0 atom stereocenters. The Morgan fingerprint density at radius 3 is 2.55 bits per heavy atom. The molecule has 1 aliphatic heterocycles. The number of aryl methyl sites for hydroxylation is 2. The van der Waals surface area contributed by atoms with E-state index in [0.717, 1.165) is 37.0 Å². The van der Waals surface area contributed by atoms with E-state index in [1.165, 1.54) is 24.1 Å². The summed E-state index contributed by atoms with van der Waals surface area (Å²) in [5.74, 6) is 0. The zero-order valence-corrected chi connectivity index (χ0v) is 13.6. The van der Waals surface area contributed by atoms with E-state index < -0.39 is 0 Å². The highest BCUT2D eigenvalue weighted by Gasteiger charge is 2.18. The molecule has 0 unspecified atom stereocenters. The van der Waals surface area contributed by atoms with Crippen molar-refractivity contribution >= 4 is 23.0 Å². The topological polar surface area (TPSA) is 18.5 Å². The van der Waals surface area contributed by atoms with Crippen LogP contribution in [0.25, 0.3) is 0 Å². The Balaban J connectivity index is 1.91. The molecule has 1 saturated heterocycles. The molecule has 0 bridgehead atoms. The van der Waals surface area contributed by atoms with Gasteiger partial charge in [-0.25, -0.2) is 0 Å². The summed E-state index contributed by atoms with van der Waals surface area (Å²) in [7, 11) is 0. The van der Waals surface area contributed by atoms with Crippen LogP contribution >= 0.6 is 12.2 Å². The van der Waals surface area contributed by atoms with Crippen molar-refractivity contribution in [2.75, 3.05) is 38.0 Å². The second-order valence-corrected chi connectivity index (χ2v) is 5.96. The summed E-state index contributed by atoms with van der Waals surface area (Å²) in [6, 6.07) is 6.43. The molecule has 1 aromatic carbocycles. The van der Waals surface area contributed by atoms with Crippen LogP contribution in [-0.4, -0.2) is 47.6 Å². The Kier molecular flexibility index (Phi) is 5.38. The van der Waals surface area contributed by atoms with Crippen molar-refractivity contribution in [3.05, 3.63) is 29.3 Å². The van der Waals surface area contributed by atoms with Crippen LogP contribution in [0.5, 0.6) is 0 Å². The lowest BCUT2D eigenvalue weighted by Gasteiger charge is -2.36. The summed E-state index contributed by atoms with van der Waals surface area (Å²) < 4.78 is 0. The lowest BCUT2D eigenvalue weighted by Crippen LogP contribution is -2.50. The van der Waals surface area contributed by atoms with Gasteiger partial charge in [0.25, 0.3) is 0 Å². The van der Waals surface area contributed by atoms with Gasteiger partial charge in [-0.2, -0.15) is 0 Å². The van der Waals surface area contributed by atoms with Crippen molar-refractivity contribution in [2.24, 2.45) is 0 Å². The van der Waals surface area contributed by atoms with Gasteiger partial charge in [-0.1, -0.05) is 19.1 Å². The number of thiocarbonyl (C=S) groups is 1. The monoisotopic (exact) mass is 291 g/mol. The van der Waals surface area contributed by atoms with E-state index in [0.29, 0.717) is 0 Å². The van der Waals surface area contributed by atoms with Crippen molar-refractivity contribution < 1.29 is 0 Å². The third kappa shape index (κ3) is 3.93. The molecule has 0 saturated carbocycles. The Bertz CT molecular complexity index is 465. The Labute approximate surface area is 128 Å². The fourth-order valence-corrected chi connectivity index (χ4v) is 2.85. The van der Waals surface area contributed by atoms with E-state index in [2.05, 4.69) is 54.1 Å². The lowest BCUT2D eigenvalue weighted by molar-refractivity contribution is 0.184. The van der Waals surface area contributed by atoms with Crippen LogP contribution in [0.3, 0.4) is 0 Å². The Morgan fingerprint density at radius 1 is 1.20 bits per heavy atom. The molecule has 4 heteroatoms. The molecular formula is C16H25N3S. The van der Waals surface area contributed by atoms with E-state index in [1.54, 1.807) is 0 Å². The number of hydrogen-bond acceptors (Lipinski definition) is 2. The number of hydrogen-bond donors (Lipinski definition) is 1. The average molecular weight is 291 g/mol. The van der Waals surface area contributed by atoms with Crippen molar-refractivity contribution in [3.8, 4) is 0 Å². The standard InChI is InChI=1S/C16H25N3S/c1-4-7-18-8-10-19(11-9-18)16(20)17-15-12-13(2)5-6-14(15)3/h5-6,12H,4,7-11H2,1-3H3,(H,17,20). The second kappa shape index (κ2) is 7.04. The second-order valence-electron chi connectivity index (χ2n) is 5.58. The van der Waals surface area contributed by atoms with Gasteiger partial charge in [-0.05, 0) is 56.2 Å². The number of rotatable bonds is 3. The molecule has 1 heterocycles. The fourth-order valence-electron chi connectivity index (χ4n) is 2.56. The van der Waals surface area contributed by atoms with Crippen LogP contribution in [0.15, 0.2) is 18.2 Å². The van der Waals surface area contributed by atoms with Gasteiger partial charge >= 0.3 is 0 Å². The van der Waals surface area contributed by atoms with Gasteiger partial charge in [0.15, 0.2) is 5.11 Å². The van der Waals surface area contributed by atoms with E-state index in [4.69, 9.17) is 12.2 Å². The Morgan fingerprint density at radius 2 is 1.90 bits per heavy atom. The van der Waals surface area contributed by atoms with E-state index in [-0.39, 0.29) is 0 Å². The van der Waals surface area contributed by atoms with Crippen LogP contribution in [0.4, 0.5) is 5.69 Å². The summed E-state index contributed by atoms with van der Waals surface area (Å²) in [5.41, 5.74) is 3.63. The minimum absolute atomic E-state index is 0.856. The average Bonchev–Trinajstić information content (AvgIpc) is 2.44. The van der Waals surface area contributed by atoms with E-state index >= 15 is 0 Å². The highest BCUT2D eigenvalue weighted by Crippen LogP contribution is 2.17. The van der Waals surface area contributed by atoms with Crippen molar-refractivity contribution in [3.63, 3.8) is 0 Å². The van der Waals surface area contributed by atoms with Gasteiger partial charge in [0.2, 0.25) is 0 Å². The van der Waals surface area contributed by atoms with Gasteiger partial charge in [-0.3, -0.25) is 4.90 Å². The molecule has 0 spiro atoms. The minimum atomic E-state index is 0.856. The molecule has 110 valence electrons. The van der Waals surface area contributed by atoms with Crippen molar-refractivity contribution in [1.29, 1.82) is 0 Å². The molecule has 2 rings (SSSR count). The molecule has 1 aromatic rings. The smallest absolute Gasteiger partial charge is 0.173 e. The number of anilines is 1. The summed E-state index contributed by atoms with van der Waals surface area (Å²) in [5, 5.41) is 4.26. The molecule has 0 radical (unpaired) electrons. The predicted octanol–water partition coefficient (Wildman–Crippen LogP) is 3.03. The minimum Gasteiger partial charge on any atom is -0.346 e. The first kappa shape index (κ1) is 15.3. The summed E-state index contributed by atoms with van der Waals surface area (Å²) in [6.45, 7) is 11.9. The predicted molar refractivity (Wildman–Crippen MR) is 90.4 cm³/mol. The number of benzene rings is 1. The first-order valence-corrected chi connectivity index (χ1v) is 7.86. The van der Waals surface area contributed by atoms with Crippen LogP contribution in [0, 0.1) is 13.8 Å². The van der Waals surface area contributed by atoms with E-state index in [1.807, 2.05) is 0 Å². The first-order valence-electron chi connectivity index (χ1n) is 7.45. The molecule has 0 amide bonds. The van der Waals surface area contributed by atoms with Crippen molar-refractivity contribution in [1.82, 2.24) is 9.80 Å². The number of piperazine rings is 1. The van der Waals surface area contributed by atoms with Crippen molar-refractivity contribution in [2.45, 2.75) is 27.2 Å². The molecule has 0 aromatic heterocycles. The third-order valence-corrected chi connectivity index (χ3v) is 4.19. The van der Waals surface area contributed by atoms with E-state index in [9.17, 15) is 0 Å². The van der Waals surface area contributed by atoms with Crippen LogP contribution in [0.2, 0.25) is 0 Å². The highest BCUT2D eigenvalue weighted by atomic mass is 32.1. The summed E-state index contributed by atoms with van der Waals surface area (Å²) in [6.07, 6.45) is 1.23. The van der Waals surface area contributed by atoms with Gasteiger partial charge in [0.05, 0.1) is 0 Å². The fraction of sp³-hybridized carbons (Fsp3) is 0.562. The SMILES string of the molecule is CCCN1CCN(C(=S)Nc2cc(C)ccc2C)CC1. The number of nitrogens with one attached hydrogen (secondary N) is 1. The van der Waals surface area contributed by atoms with Crippen LogP contribution in [-0.2, 0) is 0 Å². The molecule has 1 fully saturated rings. The molecule has 0 aliphatic carbocycles. The maximum absolute atomic E-state index is 5.56. The number of nitrogens with zero attached hydrogens (tertiary/aromatic N) is 2. The molecule has 3 nitrogen and oxygen atoms in total. The lowest BCUT2D eigenvalue weighted by atomic mass is 10.1.